The van der Waals surface area contributed by atoms with E-state index in [-0.39, 0.29) is 40.9 Å². The van der Waals surface area contributed by atoms with E-state index in [0.29, 0.717) is 10.5 Å². The first-order valence-corrected chi connectivity index (χ1v) is 4.38. The summed E-state index contributed by atoms with van der Waals surface area (Å²) >= 11 is 9.32. The number of Topliss-reactive ketones (excluding diaryl/α,β-unsaturated/α-hetero) is 1. The normalized spacial score (nSPS) is 9.07. The van der Waals surface area contributed by atoms with E-state index >= 15 is 0 Å². The quantitative estimate of drug-likeness (QED) is 0.328. The largest absolute Gasteiger partial charge is 1.00 e. The molecule has 5 heteroatoms. The molecule has 0 aliphatic rings. The number of ketones is 1. The number of rotatable bonds is 2. The minimum Gasteiger partial charge on any atom is -0.295 e. The molecule has 0 radical (unpaired) electrons. The van der Waals surface area contributed by atoms with Crippen molar-refractivity contribution in [2.75, 3.05) is 0 Å². The second-order valence-corrected chi connectivity index (χ2v) is 3.39. The van der Waals surface area contributed by atoms with Crippen molar-refractivity contribution in [3.63, 3.8) is 0 Å². The molecule has 0 saturated carbocycles. The molecule has 1 rings (SSSR count). The molecule has 0 aromatic heterocycles. The van der Waals surface area contributed by atoms with Gasteiger partial charge in [-0.15, -0.1) is 12.6 Å². The summed E-state index contributed by atoms with van der Waals surface area (Å²) in [6, 6.07) is 4.63. The number of carbonyl (C=O) groups excluding carboxylic acids is 2. The van der Waals surface area contributed by atoms with Crippen LogP contribution in [0.3, 0.4) is 0 Å². The molecule has 0 spiro atoms. The van der Waals surface area contributed by atoms with Crippen LogP contribution in [0.1, 0.15) is 27.6 Å². The molecular formula is C9H7ClNaO2S+. The van der Waals surface area contributed by atoms with Crippen molar-refractivity contribution >= 4 is 35.3 Å². The molecule has 1 aromatic rings. The van der Waals surface area contributed by atoms with Gasteiger partial charge in [0.1, 0.15) is 0 Å². The fourth-order valence-corrected chi connectivity index (χ4v) is 1.38. The van der Waals surface area contributed by atoms with Crippen LogP contribution in [0.5, 0.6) is 0 Å². The van der Waals surface area contributed by atoms with Crippen LogP contribution in [0, 0.1) is 0 Å². The molecule has 14 heavy (non-hydrogen) atoms. The van der Waals surface area contributed by atoms with Gasteiger partial charge in [-0.25, -0.2) is 0 Å². The second-order valence-electron chi connectivity index (χ2n) is 2.56. The summed E-state index contributed by atoms with van der Waals surface area (Å²) in [6.07, 6.45) is 0. The van der Waals surface area contributed by atoms with E-state index in [4.69, 9.17) is 11.6 Å². The Balaban J connectivity index is 0.00000169. The number of thiol groups is 1. The summed E-state index contributed by atoms with van der Waals surface area (Å²) in [5.74, 6) is -0.104. The Morgan fingerprint density at radius 2 is 1.93 bits per heavy atom. The summed E-state index contributed by atoms with van der Waals surface area (Å²) in [6.45, 7) is 1.43. The summed E-state index contributed by atoms with van der Waals surface area (Å²) in [4.78, 5) is 22.3. The molecule has 0 saturated heterocycles. The van der Waals surface area contributed by atoms with Gasteiger partial charge in [0.2, 0.25) is 0 Å². The summed E-state index contributed by atoms with van der Waals surface area (Å²) in [7, 11) is 0. The molecule has 0 N–H and O–H groups in total. The minimum atomic E-state index is -0.604. The van der Waals surface area contributed by atoms with Gasteiger partial charge in [-0.05, 0) is 30.7 Å². The zero-order valence-electron chi connectivity index (χ0n) is 7.87. The Morgan fingerprint density at radius 3 is 2.36 bits per heavy atom. The summed E-state index contributed by atoms with van der Waals surface area (Å²) in [5.41, 5.74) is 0.722. The van der Waals surface area contributed by atoms with Gasteiger partial charge in [0.05, 0.1) is 0 Å². The average Bonchev–Trinajstić information content (AvgIpc) is 2.04. The number of halogens is 1. The van der Waals surface area contributed by atoms with Crippen LogP contribution in [-0.4, -0.2) is 11.0 Å². The van der Waals surface area contributed by atoms with Crippen LogP contribution in [0.4, 0.5) is 0 Å². The minimum absolute atomic E-state index is 0. The zero-order chi connectivity index (χ0) is 10.0. The first kappa shape index (κ1) is 14.2. The average molecular weight is 238 g/mol. The molecule has 2 nitrogen and oxygen atoms in total. The molecule has 0 amide bonds. The Bertz CT molecular complexity index is 379. The van der Waals surface area contributed by atoms with Crippen LogP contribution < -0.4 is 29.6 Å². The van der Waals surface area contributed by atoms with Gasteiger partial charge in [0.15, 0.2) is 5.78 Å². The number of carbonyl (C=O) groups is 2. The molecule has 0 fully saturated rings. The van der Waals surface area contributed by atoms with E-state index in [0.717, 1.165) is 0 Å². The van der Waals surface area contributed by atoms with E-state index < -0.39 is 5.24 Å². The van der Waals surface area contributed by atoms with Crippen molar-refractivity contribution in [1.29, 1.82) is 0 Å². The molecule has 0 aliphatic heterocycles. The van der Waals surface area contributed by atoms with Crippen molar-refractivity contribution in [2.24, 2.45) is 0 Å². The molecule has 0 aliphatic carbocycles. The van der Waals surface area contributed by atoms with Crippen molar-refractivity contribution < 1.29 is 39.1 Å². The molecule has 0 unspecified atom stereocenters. The van der Waals surface area contributed by atoms with E-state index in [1.807, 2.05) is 0 Å². The monoisotopic (exact) mass is 237 g/mol. The van der Waals surface area contributed by atoms with Crippen molar-refractivity contribution in [2.45, 2.75) is 11.8 Å². The molecular weight excluding hydrogens is 231 g/mol. The SMILES string of the molecule is CC(=O)c1ccc(S)c(C(=O)Cl)c1.[Na+]. The van der Waals surface area contributed by atoms with Crippen LogP contribution in [0.15, 0.2) is 23.1 Å². The van der Waals surface area contributed by atoms with E-state index in [1.54, 1.807) is 12.1 Å². The molecule has 0 bridgehead atoms. The van der Waals surface area contributed by atoms with Crippen LogP contribution >= 0.6 is 24.2 Å². The topological polar surface area (TPSA) is 34.1 Å². The molecule has 0 heterocycles. The smallest absolute Gasteiger partial charge is 0.295 e. The standard InChI is InChI=1S/C9H7ClO2S.Na/c1-5(11)6-2-3-8(13)7(4-6)9(10)12;/h2-4,13H,1H3;/q;+1. The van der Waals surface area contributed by atoms with Crippen molar-refractivity contribution in [3.05, 3.63) is 29.3 Å². The molecule has 68 valence electrons. The van der Waals surface area contributed by atoms with Crippen molar-refractivity contribution in [1.82, 2.24) is 0 Å². The first-order valence-electron chi connectivity index (χ1n) is 3.56. The predicted octanol–water partition coefficient (Wildman–Crippen LogP) is -0.439. The third kappa shape index (κ3) is 3.41. The maximum absolute atomic E-state index is 11.0. The molecule has 0 atom stereocenters. The van der Waals surface area contributed by atoms with Crippen LogP contribution in [0.2, 0.25) is 0 Å². The maximum Gasteiger partial charge on any atom is 1.00 e. The zero-order valence-corrected chi connectivity index (χ0v) is 11.5. The van der Waals surface area contributed by atoms with Gasteiger partial charge < -0.3 is 0 Å². The first-order chi connectivity index (χ1) is 6.02. The number of hydrogen-bond acceptors (Lipinski definition) is 3. The predicted molar refractivity (Wildman–Crippen MR) is 53.9 cm³/mol. The maximum atomic E-state index is 11.0. The third-order valence-electron chi connectivity index (χ3n) is 1.61. The van der Waals surface area contributed by atoms with E-state index in [1.165, 1.54) is 13.0 Å². The second kappa shape index (κ2) is 5.93. The van der Waals surface area contributed by atoms with Gasteiger partial charge >= 0.3 is 29.6 Å². The third-order valence-corrected chi connectivity index (χ3v) is 2.21. The summed E-state index contributed by atoms with van der Waals surface area (Å²) in [5, 5.41) is -0.604. The number of hydrogen-bond donors (Lipinski definition) is 1. The Labute approximate surface area is 115 Å². The number of benzene rings is 1. The molecule has 1 aromatic carbocycles. The van der Waals surface area contributed by atoms with Gasteiger partial charge in [-0.2, -0.15) is 0 Å². The Morgan fingerprint density at radius 1 is 1.36 bits per heavy atom. The Hall–Kier alpha value is 0.200. The van der Waals surface area contributed by atoms with Crippen LogP contribution in [0.25, 0.3) is 0 Å². The fraction of sp³-hybridized carbons (Fsp3) is 0.111. The fourth-order valence-electron chi connectivity index (χ4n) is 0.912. The van der Waals surface area contributed by atoms with Crippen molar-refractivity contribution in [3.8, 4) is 0 Å². The van der Waals surface area contributed by atoms with Gasteiger partial charge in [-0.1, -0.05) is 6.07 Å². The van der Waals surface area contributed by atoms with Gasteiger partial charge in [0, 0.05) is 16.0 Å². The van der Waals surface area contributed by atoms with Gasteiger partial charge in [0.25, 0.3) is 5.24 Å². The van der Waals surface area contributed by atoms with Gasteiger partial charge in [-0.3, -0.25) is 9.59 Å². The van der Waals surface area contributed by atoms with E-state index in [9.17, 15) is 9.59 Å². The Kier molecular flexibility index (Phi) is 6.02. The van der Waals surface area contributed by atoms with E-state index in [2.05, 4.69) is 12.6 Å². The van der Waals surface area contributed by atoms with Crippen LogP contribution in [-0.2, 0) is 0 Å². The summed E-state index contributed by atoms with van der Waals surface area (Å²) < 4.78 is 0.